The van der Waals surface area contributed by atoms with Crippen LogP contribution in [0, 0.1) is 0 Å². The van der Waals surface area contributed by atoms with Gasteiger partial charge >= 0.3 is 0 Å². The topological polar surface area (TPSA) is 55.1 Å². The average molecular weight is 245 g/mol. The third-order valence-corrected chi connectivity index (χ3v) is 3.34. The second kappa shape index (κ2) is 4.50. The van der Waals surface area contributed by atoms with E-state index >= 15 is 0 Å². The van der Waals surface area contributed by atoms with Crippen molar-refractivity contribution in [3.8, 4) is 0 Å². The van der Waals surface area contributed by atoms with Crippen molar-refractivity contribution in [1.29, 1.82) is 0 Å². The zero-order chi connectivity index (χ0) is 11.5. The van der Waals surface area contributed by atoms with E-state index in [1.54, 1.807) is 22.2 Å². The SMILES string of the molecule is c1ccc(NCCc2nn3cnnc3s2)cc1. The molecule has 1 N–H and O–H groups in total. The standard InChI is InChI=1S/C11H11N5S/c1-2-4-9(5-3-1)12-7-6-10-15-16-8-13-14-11(16)17-10/h1-5,8,12H,6-7H2. The lowest BCUT2D eigenvalue weighted by Crippen LogP contribution is -2.04. The maximum absolute atomic E-state index is 4.37. The molecule has 3 aromatic rings. The van der Waals surface area contributed by atoms with Crippen LogP contribution in [0.1, 0.15) is 5.01 Å². The summed E-state index contributed by atoms with van der Waals surface area (Å²) in [6.07, 6.45) is 2.52. The van der Waals surface area contributed by atoms with E-state index in [0.29, 0.717) is 0 Å². The maximum atomic E-state index is 4.37. The Bertz CT molecular complexity index is 572. The Labute approximate surface area is 102 Å². The fourth-order valence-corrected chi connectivity index (χ4v) is 2.38. The number of nitrogens with one attached hydrogen (secondary N) is 1. The number of rotatable bonds is 4. The van der Waals surface area contributed by atoms with Crippen LogP contribution in [0.2, 0.25) is 0 Å². The van der Waals surface area contributed by atoms with Crippen molar-refractivity contribution in [3.63, 3.8) is 0 Å². The largest absolute Gasteiger partial charge is 0.385 e. The number of benzene rings is 1. The molecule has 0 saturated carbocycles. The summed E-state index contributed by atoms with van der Waals surface area (Å²) in [6.45, 7) is 0.869. The van der Waals surface area contributed by atoms with E-state index < -0.39 is 0 Å². The van der Waals surface area contributed by atoms with Crippen LogP contribution < -0.4 is 5.32 Å². The summed E-state index contributed by atoms with van der Waals surface area (Å²) in [6, 6.07) is 10.2. The molecule has 0 spiro atoms. The summed E-state index contributed by atoms with van der Waals surface area (Å²) in [7, 11) is 0. The molecule has 1 aromatic carbocycles. The minimum atomic E-state index is 0.847. The fraction of sp³-hybridized carbons (Fsp3) is 0.182. The van der Waals surface area contributed by atoms with E-state index in [2.05, 4.69) is 32.7 Å². The number of fused-ring (bicyclic) bond motifs is 1. The van der Waals surface area contributed by atoms with Crippen LogP contribution in [0.25, 0.3) is 4.96 Å². The summed E-state index contributed by atoms with van der Waals surface area (Å²) >= 11 is 1.58. The quantitative estimate of drug-likeness (QED) is 0.762. The molecule has 6 heteroatoms. The molecule has 0 aliphatic rings. The lowest BCUT2D eigenvalue weighted by atomic mass is 10.3. The summed E-state index contributed by atoms with van der Waals surface area (Å²) in [5, 5.41) is 16.5. The molecular weight excluding hydrogens is 234 g/mol. The second-order valence-electron chi connectivity index (χ2n) is 3.60. The smallest absolute Gasteiger partial charge is 0.234 e. The van der Waals surface area contributed by atoms with Crippen LogP contribution in [0.15, 0.2) is 36.7 Å². The van der Waals surface area contributed by atoms with Gasteiger partial charge in [0.25, 0.3) is 0 Å². The van der Waals surface area contributed by atoms with Gasteiger partial charge in [0, 0.05) is 18.7 Å². The summed E-state index contributed by atoms with van der Waals surface area (Å²) in [4.78, 5) is 0.847. The predicted octanol–water partition coefficient (Wildman–Crippen LogP) is 1.84. The highest BCUT2D eigenvalue weighted by molar-refractivity contribution is 7.16. The van der Waals surface area contributed by atoms with Crippen LogP contribution in [-0.2, 0) is 6.42 Å². The van der Waals surface area contributed by atoms with Gasteiger partial charge in [-0.1, -0.05) is 29.5 Å². The molecule has 0 radical (unpaired) electrons. The molecule has 0 bridgehead atoms. The first-order valence-corrected chi connectivity index (χ1v) is 6.18. The molecule has 0 aliphatic carbocycles. The molecule has 2 heterocycles. The number of hydrogen-bond donors (Lipinski definition) is 1. The van der Waals surface area contributed by atoms with E-state index in [0.717, 1.165) is 28.6 Å². The number of para-hydroxylation sites is 1. The molecule has 2 aromatic heterocycles. The second-order valence-corrected chi connectivity index (χ2v) is 4.64. The third-order valence-electron chi connectivity index (χ3n) is 2.37. The van der Waals surface area contributed by atoms with Gasteiger partial charge in [0.05, 0.1) is 0 Å². The molecule has 0 fully saturated rings. The van der Waals surface area contributed by atoms with Gasteiger partial charge in [-0.2, -0.15) is 9.61 Å². The molecule has 17 heavy (non-hydrogen) atoms. The van der Waals surface area contributed by atoms with Crippen molar-refractivity contribution in [2.45, 2.75) is 6.42 Å². The van der Waals surface area contributed by atoms with Gasteiger partial charge in [0.2, 0.25) is 4.96 Å². The molecule has 0 aliphatic heterocycles. The van der Waals surface area contributed by atoms with E-state index in [1.807, 2.05) is 18.2 Å². The monoisotopic (exact) mass is 245 g/mol. The Morgan fingerprint density at radius 2 is 2.12 bits per heavy atom. The first-order valence-electron chi connectivity index (χ1n) is 5.36. The zero-order valence-corrected chi connectivity index (χ0v) is 9.89. The first-order chi connectivity index (χ1) is 8.42. The summed E-state index contributed by atoms with van der Waals surface area (Å²) in [5.41, 5.74) is 1.13. The molecule has 86 valence electrons. The highest BCUT2D eigenvalue weighted by Crippen LogP contribution is 2.12. The number of aromatic nitrogens is 4. The van der Waals surface area contributed by atoms with Gasteiger partial charge in [-0.15, -0.1) is 10.2 Å². The van der Waals surface area contributed by atoms with Crippen molar-refractivity contribution in [2.75, 3.05) is 11.9 Å². The Morgan fingerprint density at radius 3 is 2.94 bits per heavy atom. The predicted molar refractivity (Wildman–Crippen MR) is 67.3 cm³/mol. The molecule has 0 unspecified atom stereocenters. The number of anilines is 1. The highest BCUT2D eigenvalue weighted by Gasteiger charge is 2.04. The average Bonchev–Trinajstić information content (AvgIpc) is 2.91. The minimum absolute atomic E-state index is 0.847. The van der Waals surface area contributed by atoms with Crippen molar-refractivity contribution in [3.05, 3.63) is 41.7 Å². The molecule has 0 atom stereocenters. The van der Waals surface area contributed by atoms with Crippen molar-refractivity contribution in [2.24, 2.45) is 0 Å². The van der Waals surface area contributed by atoms with Crippen LogP contribution >= 0.6 is 11.3 Å². The van der Waals surface area contributed by atoms with Crippen LogP contribution in [0.3, 0.4) is 0 Å². The van der Waals surface area contributed by atoms with Crippen LogP contribution in [0.4, 0.5) is 5.69 Å². The van der Waals surface area contributed by atoms with E-state index in [1.165, 1.54) is 0 Å². The van der Waals surface area contributed by atoms with Gasteiger partial charge in [-0.25, -0.2) is 0 Å². The third kappa shape index (κ3) is 2.26. The van der Waals surface area contributed by atoms with Crippen molar-refractivity contribution in [1.82, 2.24) is 19.8 Å². The van der Waals surface area contributed by atoms with Crippen LogP contribution in [0.5, 0.6) is 0 Å². The van der Waals surface area contributed by atoms with Gasteiger partial charge in [-0.3, -0.25) is 0 Å². The Kier molecular flexibility index (Phi) is 2.71. The van der Waals surface area contributed by atoms with Crippen molar-refractivity contribution >= 4 is 22.0 Å². The van der Waals surface area contributed by atoms with E-state index in [9.17, 15) is 0 Å². The first kappa shape index (κ1) is 10.2. The lowest BCUT2D eigenvalue weighted by Gasteiger charge is -2.03. The maximum Gasteiger partial charge on any atom is 0.234 e. The molecule has 5 nitrogen and oxygen atoms in total. The Balaban J connectivity index is 1.59. The minimum Gasteiger partial charge on any atom is -0.385 e. The van der Waals surface area contributed by atoms with Crippen molar-refractivity contribution < 1.29 is 0 Å². The zero-order valence-electron chi connectivity index (χ0n) is 9.08. The number of hydrogen-bond acceptors (Lipinski definition) is 5. The number of nitrogens with zero attached hydrogens (tertiary/aromatic N) is 4. The molecular formula is C11H11N5S. The van der Waals surface area contributed by atoms with Gasteiger partial charge in [0.15, 0.2) is 0 Å². The normalized spacial score (nSPS) is 10.8. The van der Waals surface area contributed by atoms with E-state index in [4.69, 9.17) is 0 Å². The lowest BCUT2D eigenvalue weighted by molar-refractivity contribution is 0.880. The molecule has 0 saturated heterocycles. The van der Waals surface area contributed by atoms with Gasteiger partial charge in [0.1, 0.15) is 11.3 Å². The summed E-state index contributed by atoms with van der Waals surface area (Å²) < 4.78 is 1.71. The Morgan fingerprint density at radius 1 is 1.24 bits per heavy atom. The molecule has 3 rings (SSSR count). The van der Waals surface area contributed by atoms with Crippen LogP contribution in [-0.4, -0.2) is 26.4 Å². The summed E-state index contributed by atoms with van der Waals surface area (Å²) in [5.74, 6) is 0. The highest BCUT2D eigenvalue weighted by atomic mass is 32.1. The Hall–Kier alpha value is -1.95. The molecule has 0 amide bonds. The van der Waals surface area contributed by atoms with E-state index in [-0.39, 0.29) is 0 Å². The fourth-order valence-electron chi connectivity index (χ4n) is 1.57. The van der Waals surface area contributed by atoms with Gasteiger partial charge in [-0.05, 0) is 12.1 Å². The van der Waals surface area contributed by atoms with Gasteiger partial charge < -0.3 is 5.32 Å².